The molecule has 0 aliphatic heterocycles. The highest BCUT2D eigenvalue weighted by Gasteiger charge is 2.23. The van der Waals surface area contributed by atoms with Crippen LogP contribution in [-0.2, 0) is 24.0 Å². The highest BCUT2D eigenvalue weighted by molar-refractivity contribution is 8.00. The summed E-state index contributed by atoms with van der Waals surface area (Å²) in [4.78, 5) is 57.4. The lowest BCUT2D eigenvalue weighted by Gasteiger charge is -2.18. The molecule has 3 amide bonds. The Kier molecular flexibility index (Phi) is 11.8. The van der Waals surface area contributed by atoms with Crippen molar-refractivity contribution in [2.24, 2.45) is 5.73 Å². The van der Waals surface area contributed by atoms with Gasteiger partial charge in [-0.05, 0) is 32.1 Å². The predicted octanol–water partition coefficient (Wildman–Crippen LogP) is -1.88. The summed E-state index contributed by atoms with van der Waals surface area (Å²) in [6.45, 7) is -0.255. The van der Waals surface area contributed by atoms with Gasteiger partial charge in [0.05, 0.1) is 5.75 Å². The van der Waals surface area contributed by atoms with Crippen LogP contribution in [0.25, 0.3) is 0 Å². The van der Waals surface area contributed by atoms with Gasteiger partial charge in [0, 0.05) is 24.6 Å². The van der Waals surface area contributed by atoms with Crippen molar-refractivity contribution in [3.05, 3.63) is 31.6 Å². The number of hydrogen-bond acceptors (Lipinski definition) is 7. The summed E-state index contributed by atoms with van der Waals surface area (Å²) in [6.07, 6.45) is 7.08. The van der Waals surface area contributed by atoms with E-state index in [1.54, 1.807) is 0 Å². The summed E-state index contributed by atoms with van der Waals surface area (Å²) in [6, 6.07) is -2.30. The average molecular weight is 441 g/mol. The van der Waals surface area contributed by atoms with Crippen LogP contribution in [0.4, 0.5) is 0 Å². The van der Waals surface area contributed by atoms with Crippen molar-refractivity contribution in [1.29, 1.82) is 0 Å². The normalized spacial score (nSPS) is 15.8. The minimum Gasteiger partial charge on any atom is -0.480 e. The van der Waals surface area contributed by atoms with Crippen molar-refractivity contribution >= 4 is 41.4 Å². The summed E-state index contributed by atoms with van der Waals surface area (Å²) in [5.41, 5.74) is 5.34. The number of carboxylic acids is 2. The summed E-state index contributed by atoms with van der Waals surface area (Å²) in [5, 5.41) is 24.7. The second-order valence-corrected chi connectivity index (χ2v) is 7.33. The van der Waals surface area contributed by atoms with Crippen LogP contribution in [0.5, 0.6) is 0 Å². The first kappa shape index (κ1) is 25.7. The fourth-order valence-electron chi connectivity index (χ4n) is 2.20. The summed E-state index contributed by atoms with van der Waals surface area (Å²) in [5.74, 6) is -3.09. The third kappa shape index (κ3) is 11.0. The monoisotopic (exact) mass is 441 g/mol. The molecule has 0 aromatic heterocycles. The molecule has 12 heteroatoms. The van der Waals surface area contributed by atoms with Crippen molar-refractivity contribution < 1.29 is 34.2 Å². The lowest BCUT2D eigenvalue weighted by Crippen LogP contribution is -2.49. The molecule has 11 nitrogen and oxygen atoms in total. The Morgan fingerprint density at radius 1 is 1.03 bits per heavy atom. The van der Waals surface area contributed by atoms with E-state index in [0.29, 0.717) is 6.54 Å². The third-order valence-corrected chi connectivity index (χ3v) is 4.84. The van der Waals surface area contributed by atoms with E-state index in [1.165, 1.54) is 0 Å². The second kappa shape index (κ2) is 13.8. The van der Waals surface area contributed by atoms with Crippen LogP contribution < -0.4 is 21.7 Å². The van der Waals surface area contributed by atoms with Crippen LogP contribution in [0.15, 0.2) is 0 Å². The maximum absolute atomic E-state index is 12.2. The van der Waals surface area contributed by atoms with Gasteiger partial charge in [0.15, 0.2) is 0 Å². The minimum atomic E-state index is -1.25. The Balaban J connectivity index is 2.46. The molecule has 0 heterocycles. The van der Waals surface area contributed by atoms with Crippen LogP contribution in [-0.4, -0.2) is 76.6 Å². The van der Waals surface area contributed by atoms with Gasteiger partial charge in [0.25, 0.3) is 0 Å². The topological polar surface area (TPSA) is 188 Å². The molecule has 7 N–H and O–H groups in total. The van der Waals surface area contributed by atoms with Crippen LogP contribution in [0, 0.1) is 31.6 Å². The number of carbonyl (C=O) groups is 5. The molecule has 5 radical (unpaired) electrons. The quantitative estimate of drug-likeness (QED) is 0.179. The molecule has 1 aliphatic carbocycles. The van der Waals surface area contributed by atoms with Crippen molar-refractivity contribution in [3.8, 4) is 0 Å². The Morgan fingerprint density at radius 2 is 1.70 bits per heavy atom. The molecule has 1 aliphatic rings. The van der Waals surface area contributed by atoms with E-state index < -0.39 is 42.4 Å². The molecule has 1 rings (SSSR count). The first-order valence-electron chi connectivity index (χ1n) is 9.01. The number of rotatable bonds is 14. The lowest BCUT2D eigenvalue weighted by molar-refractivity contribution is -0.139. The van der Waals surface area contributed by atoms with E-state index in [0.717, 1.165) is 17.7 Å². The summed E-state index contributed by atoms with van der Waals surface area (Å²) in [7, 11) is 0. The molecule has 1 fully saturated rings. The Hall–Kier alpha value is -2.34. The van der Waals surface area contributed by atoms with E-state index in [9.17, 15) is 24.0 Å². The summed E-state index contributed by atoms with van der Waals surface area (Å²) < 4.78 is 0. The number of nitrogens with one attached hydrogen (secondary N) is 3. The zero-order chi connectivity index (χ0) is 22.5. The molecular weight excluding hydrogens is 416 g/mol. The van der Waals surface area contributed by atoms with Crippen molar-refractivity contribution in [1.82, 2.24) is 16.0 Å². The van der Waals surface area contributed by atoms with Gasteiger partial charge < -0.3 is 31.9 Å². The maximum atomic E-state index is 12.2. The maximum Gasteiger partial charge on any atom is 0.322 e. The second-order valence-electron chi connectivity index (χ2n) is 6.30. The van der Waals surface area contributed by atoms with Gasteiger partial charge in [0.1, 0.15) is 18.6 Å². The molecule has 0 unspecified atom stereocenters. The highest BCUT2D eigenvalue weighted by atomic mass is 32.2. The van der Waals surface area contributed by atoms with Gasteiger partial charge in [0.2, 0.25) is 17.7 Å². The van der Waals surface area contributed by atoms with Crippen LogP contribution in [0.2, 0.25) is 0 Å². The number of hydrogen-bond donors (Lipinski definition) is 6. The fourth-order valence-corrected chi connectivity index (χ4v) is 3.07. The number of carboxylic acid groups (broad SMARTS) is 2. The molecule has 0 saturated heterocycles. The van der Waals surface area contributed by atoms with E-state index >= 15 is 0 Å². The lowest BCUT2D eigenvalue weighted by atomic mass is 10.1. The molecule has 165 valence electrons. The molecule has 0 bridgehead atoms. The van der Waals surface area contributed by atoms with E-state index in [2.05, 4.69) is 16.0 Å². The van der Waals surface area contributed by atoms with Crippen molar-refractivity contribution in [2.45, 2.75) is 24.9 Å². The number of thioether (sulfide) groups is 1. The largest absolute Gasteiger partial charge is 0.480 e. The van der Waals surface area contributed by atoms with Crippen molar-refractivity contribution in [2.75, 3.05) is 24.6 Å². The van der Waals surface area contributed by atoms with Crippen LogP contribution in [0.3, 0.4) is 0 Å². The number of amides is 3. The molecule has 2 atom stereocenters. The SMILES string of the molecule is N[C@@H](CCC(=O)N[C@H](CSCC(=O)NC[C]1[CH][CH][CH][CH]1)C(=O)NCC(=O)O)C(=O)O. The van der Waals surface area contributed by atoms with Gasteiger partial charge in [-0.3, -0.25) is 24.0 Å². The number of aliphatic carboxylic acids is 2. The Labute approximate surface area is 178 Å². The standard InChI is InChI=1S/C18H25N4O7S/c19-12(18(28)29)5-6-14(23)22-13(17(27)21-8-16(25)26)9-30-10-15(24)20-7-11-3-1-2-4-11/h1-4,12-13H,5-10,19H2,(H,20,24)(H,21,27)(H,22,23)(H,25,26)(H,28,29)/t12-,13+/m0/s1. The van der Waals surface area contributed by atoms with Gasteiger partial charge >= 0.3 is 11.9 Å². The number of carbonyl (C=O) groups excluding carboxylic acids is 3. The van der Waals surface area contributed by atoms with Crippen LogP contribution in [0.1, 0.15) is 12.8 Å². The number of nitrogens with two attached hydrogens (primary N) is 1. The van der Waals surface area contributed by atoms with E-state index in [-0.39, 0.29) is 30.3 Å². The van der Waals surface area contributed by atoms with Crippen LogP contribution >= 0.6 is 11.8 Å². The first-order chi connectivity index (χ1) is 14.2. The van der Waals surface area contributed by atoms with Crippen molar-refractivity contribution in [3.63, 3.8) is 0 Å². The highest BCUT2D eigenvalue weighted by Crippen LogP contribution is 2.21. The molecule has 30 heavy (non-hydrogen) atoms. The minimum absolute atomic E-state index is 0.0198. The molecule has 0 spiro atoms. The van der Waals surface area contributed by atoms with Gasteiger partial charge in [-0.1, -0.05) is 0 Å². The van der Waals surface area contributed by atoms with E-state index in [4.69, 9.17) is 15.9 Å². The molecular formula is C18H25N4O7S. The Morgan fingerprint density at radius 3 is 2.30 bits per heavy atom. The molecule has 0 aromatic rings. The average Bonchev–Trinajstić information content (AvgIpc) is 3.21. The fraction of sp³-hybridized carbons (Fsp3) is 0.444. The first-order valence-corrected chi connectivity index (χ1v) is 10.2. The zero-order valence-electron chi connectivity index (χ0n) is 16.1. The van der Waals surface area contributed by atoms with Gasteiger partial charge in [-0.15, -0.1) is 11.8 Å². The van der Waals surface area contributed by atoms with Gasteiger partial charge in [-0.25, -0.2) is 0 Å². The zero-order valence-corrected chi connectivity index (χ0v) is 16.9. The Bertz CT molecular complexity index is 626. The summed E-state index contributed by atoms with van der Waals surface area (Å²) >= 11 is 1.09. The predicted molar refractivity (Wildman–Crippen MR) is 108 cm³/mol. The van der Waals surface area contributed by atoms with Gasteiger partial charge in [-0.2, -0.15) is 0 Å². The smallest absolute Gasteiger partial charge is 0.322 e. The molecule has 0 aromatic carbocycles. The van der Waals surface area contributed by atoms with E-state index in [1.807, 2.05) is 25.7 Å². The third-order valence-electron chi connectivity index (χ3n) is 3.80. The molecule has 1 saturated carbocycles.